The third-order valence-corrected chi connectivity index (χ3v) is 3.54. The number of ketones is 1. The lowest BCUT2D eigenvalue weighted by Gasteiger charge is -2.21. The van der Waals surface area contributed by atoms with Gasteiger partial charge in [0.25, 0.3) is 0 Å². The molecule has 1 fully saturated rings. The molecule has 22 heavy (non-hydrogen) atoms. The summed E-state index contributed by atoms with van der Waals surface area (Å²) < 4.78 is 5.28. The van der Waals surface area contributed by atoms with Gasteiger partial charge >= 0.3 is 0 Å². The Balaban J connectivity index is 2.16. The average molecular weight is 299 g/mol. The Morgan fingerprint density at radius 2 is 2.09 bits per heavy atom. The number of rotatable bonds is 6. The highest BCUT2D eigenvalue weighted by atomic mass is 16.5. The highest BCUT2D eigenvalue weighted by Crippen LogP contribution is 2.32. The number of Topliss-reactive ketones (excluding diaryl/α,β-unsaturated/α-hetero) is 1. The number of nitrogens with two attached hydrogens (primary N) is 1. The van der Waals surface area contributed by atoms with Crippen molar-refractivity contribution >= 4 is 17.4 Å². The minimum absolute atomic E-state index is 0.0203. The van der Waals surface area contributed by atoms with Gasteiger partial charge in [-0.2, -0.15) is 0 Å². The first-order valence-electron chi connectivity index (χ1n) is 7.10. The van der Waals surface area contributed by atoms with Gasteiger partial charge in [0.15, 0.2) is 11.7 Å². The van der Waals surface area contributed by atoms with Gasteiger partial charge in [-0.05, 0) is 31.9 Å². The van der Waals surface area contributed by atoms with Gasteiger partial charge in [0.1, 0.15) is 0 Å². The molecule has 0 aliphatic heterocycles. The minimum Gasteiger partial charge on any atom is -0.484 e. The van der Waals surface area contributed by atoms with Gasteiger partial charge in [0, 0.05) is 11.5 Å². The Morgan fingerprint density at radius 1 is 1.41 bits per heavy atom. The van der Waals surface area contributed by atoms with Gasteiger partial charge in [-0.3, -0.25) is 9.80 Å². The van der Waals surface area contributed by atoms with Crippen LogP contribution in [0.15, 0.2) is 53.8 Å². The molecule has 0 amide bonds. The van der Waals surface area contributed by atoms with Crippen LogP contribution in [-0.2, 0) is 4.74 Å². The Morgan fingerprint density at radius 3 is 2.64 bits per heavy atom. The molecule has 0 radical (unpaired) electrons. The van der Waals surface area contributed by atoms with E-state index in [1.165, 1.54) is 11.9 Å². The first-order chi connectivity index (χ1) is 10.4. The van der Waals surface area contributed by atoms with Crippen molar-refractivity contribution in [2.75, 3.05) is 12.1 Å². The lowest BCUT2D eigenvalue weighted by Crippen LogP contribution is -2.30. The summed E-state index contributed by atoms with van der Waals surface area (Å²) >= 11 is 0. The minimum atomic E-state index is -0.0203. The molecule has 116 valence electrons. The highest BCUT2D eigenvalue weighted by molar-refractivity contribution is 5.95. The van der Waals surface area contributed by atoms with Gasteiger partial charge in [0.05, 0.1) is 24.2 Å². The summed E-state index contributed by atoms with van der Waals surface area (Å²) in [5, 5.41) is 1.37. The molecule has 1 aliphatic carbocycles. The number of hydrogen-bond acceptors (Lipinski definition) is 5. The molecule has 0 heterocycles. The van der Waals surface area contributed by atoms with Crippen molar-refractivity contribution in [1.82, 2.24) is 0 Å². The summed E-state index contributed by atoms with van der Waals surface area (Å²) in [7, 11) is 1.60. The smallest absolute Gasteiger partial charge is 0.191 e. The number of hydrazine groups is 1. The zero-order valence-electron chi connectivity index (χ0n) is 13.0. The number of methoxy groups -OCH3 is 1. The van der Waals surface area contributed by atoms with Gasteiger partial charge in [-0.1, -0.05) is 25.3 Å². The third kappa shape index (κ3) is 3.62. The number of benzene rings is 1. The monoisotopic (exact) mass is 299 g/mol. The second-order valence-corrected chi connectivity index (χ2v) is 5.30. The Bertz CT molecular complexity index is 645. The fraction of sp³-hybridized carbons (Fsp3) is 0.294. The molecule has 2 N–H and O–H groups in total. The van der Waals surface area contributed by atoms with Crippen LogP contribution in [-0.4, -0.2) is 18.8 Å². The molecule has 0 atom stereocenters. The molecular formula is C17H21N3O2. The zero-order valence-corrected chi connectivity index (χ0v) is 13.0. The van der Waals surface area contributed by atoms with Crippen molar-refractivity contribution in [3.05, 3.63) is 54.4 Å². The molecule has 0 bridgehead atoms. The number of carbonyl (C=O) groups is 1. The molecule has 2 rings (SSSR count). The van der Waals surface area contributed by atoms with Crippen molar-refractivity contribution in [2.24, 2.45) is 16.8 Å². The first-order valence-corrected chi connectivity index (χ1v) is 7.10. The summed E-state index contributed by atoms with van der Waals surface area (Å²) in [6, 6.07) is 7.02. The first kappa shape index (κ1) is 16.0. The van der Waals surface area contributed by atoms with Crippen LogP contribution in [0.5, 0.6) is 0 Å². The van der Waals surface area contributed by atoms with Crippen molar-refractivity contribution in [3.8, 4) is 0 Å². The van der Waals surface area contributed by atoms with Crippen molar-refractivity contribution in [2.45, 2.75) is 19.8 Å². The molecule has 0 saturated heterocycles. The third-order valence-electron chi connectivity index (χ3n) is 3.54. The highest BCUT2D eigenvalue weighted by Gasteiger charge is 2.29. The van der Waals surface area contributed by atoms with Crippen LogP contribution in [0.3, 0.4) is 0 Å². The normalized spacial score (nSPS) is 14.4. The van der Waals surface area contributed by atoms with E-state index in [9.17, 15) is 4.79 Å². The summed E-state index contributed by atoms with van der Waals surface area (Å²) in [5.74, 6) is 7.09. The van der Waals surface area contributed by atoms with Crippen LogP contribution >= 0.6 is 0 Å². The standard InChI is InChI=1S/C17H21N3O2/c1-11(19-17(22-4)14-8-9-14)12(2)20(18)16-7-5-6-15(10-16)13(3)21/h5-7,10,14H,1-2,8-9,18H2,3-4H3. The van der Waals surface area contributed by atoms with Crippen molar-refractivity contribution in [1.29, 1.82) is 0 Å². The van der Waals surface area contributed by atoms with E-state index < -0.39 is 0 Å². The van der Waals surface area contributed by atoms with Crippen molar-refractivity contribution in [3.63, 3.8) is 0 Å². The predicted octanol–water partition coefficient (Wildman–Crippen LogP) is 3.05. The lowest BCUT2D eigenvalue weighted by atomic mass is 10.1. The van der Waals surface area contributed by atoms with Crippen LogP contribution in [0.4, 0.5) is 5.69 Å². The quantitative estimate of drug-likeness (QED) is 0.219. The van der Waals surface area contributed by atoms with E-state index in [1.807, 2.05) is 0 Å². The van der Waals surface area contributed by atoms with E-state index in [0.717, 1.165) is 12.8 Å². The van der Waals surface area contributed by atoms with Crippen LogP contribution in [0.25, 0.3) is 0 Å². The average Bonchev–Trinajstić information content (AvgIpc) is 3.35. The Labute approximate surface area is 130 Å². The second kappa shape index (κ2) is 6.58. The number of anilines is 1. The van der Waals surface area contributed by atoms with Gasteiger partial charge < -0.3 is 4.74 Å². The molecule has 1 aromatic carbocycles. The summed E-state index contributed by atoms with van der Waals surface area (Å²) in [6.07, 6.45) is 2.17. The second-order valence-electron chi connectivity index (χ2n) is 5.30. The molecule has 0 aromatic heterocycles. The van der Waals surface area contributed by atoms with E-state index >= 15 is 0 Å². The Kier molecular flexibility index (Phi) is 4.78. The van der Waals surface area contributed by atoms with E-state index in [4.69, 9.17) is 10.6 Å². The van der Waals surface area contributed by atoms with Gasteiger partial charge in [-0.25, -0.2) is 10.8 Å². The predicted molar refractivity (Wildman–Crippen MR) is 88.6 cm³/mol. The van der Waals surface area contributed by atoms with Crippen molar-refractivity contribution < 1.29 is 9.53 Å². The maximum atomic E-state index is 11.5. The van der Waals surface area contributed by atoms with Crippen LogP contribution in [0, 0.1) is 5.92 Å². The maximum absolute atomic E-state index is 11.5. The molecule has 5 heteroatoms. The fourth-order valence-electron chi connectivity index (χ4n) is 2.00. The van der Waals surface area contributed by atoms with Crippen LogP contribution in [0.2, 0.25) is 0 Å². The lowest BCUT2D eigenvalue weighted by molar-refractivity contribution is 0.101. The molecular weight excluding hydrogens is 278 g/mol. The number of ether oxygens (including phenoxy) is 1. The number of aliphatic imine (C=N–C) groups is 1. The molecule has 0 spiro atoms. The SMILES string of the molecule is C=C(N=C(OC)C1CC1)C(=C)N(N)c1cccc(C(C)=O)c1. The summed E-state index contributed by atoms with van der Waals surface area (Å²) in [5.41, 5.74) is 2.14. The van der Waals surface area contributed by atoms with E-state index in [-0.39, 0.29) is 5.78 Å². The maximum Gasteiger partial charge on any atom is 0.191 e. The van der Waals surface area contributed by atoms with Gasteiger partial charge in [0.2, 0.25) is 0 Å². The van der Waals surface area contributed by atoms with E-state index in [0.29, 0.717) is 34.5 Å². The zero-order chi connectivity index (χ0) is 16.3. The van der Waals surface area contributed by atoms with Gasteiger partial charge in [-0.15, -0.1) is 0 Å². The van der Waals surface area contributed by atoms with Crippen LogP contribution in [0.1, 0.15) is 30.1 Å². The van der Waals surface area contributed by atoms with E-state index in [1.54, 1.807) is 31.4 Å². The van der Waals surface area contributed by atoms with Crippen LogP contribution < -0.4 is 10.9 Å². The van der Waals surface area contributed by atoms with E-state index in [2.05, 4.69) is 18.2 Å². The molecule has 1 aromatic rings. The topological polar surface area (TPSA) is 67.9 Å². The molecule has 1 aliphatic rings. The fourth-order valence-corrected chi connectivity index (χ4v) is 2.00. The number of nitrogens with zero attached hydrogens (tertiary/aromatic N) is 2. The molecule has 0 unspecified atom stereocenters. The molecule has 5 nitrogen and oxygen atoms in total. The number of hydrogen-bond donors (Lipinski definition) is 1. The molecule has 1 saturated carbocycles. The summed E-state index contributed by atoms with van der Waals surface area (Å²) in [6.45, 7) is 9.34. The number of carbonyl (C=O) groups excluding carboxylic acids is 1. The Hall–Kier alpha value is -2.40. The largest absolute Gasteiger partial charge is 0.484 e. The summed E-state index contributed by atoms with van der Waals surface area (Å²) in [4.78, 5) is 15.8.